The van der Waals surface area contributed by atoms with E-state index in [9.17, 15) is 0 Å². The lowest BCUT2D eigenvalue weighted by molar-refractivity contribution is 0.660. The number of aryl methyl sites for hydroxylation is 1. The molecule has 0 fully saturated rings. The van der Waals surface area contributed by atoms with E-state index < -0.39 is 0 Å². The minimum atomic E-state index is 0.440. The van der Waals surface area contributed by atoms with E-state index >= 15 is 0 Å². The zero-order valence-electron chi connectivity index (χ0n) is 8.38. The Morgan fingerprint density at radius 3 is 3.00 bits per heavy atom. The van der Waals surface area contributed by atoms with Crippen molar-refractivity contribution in [1.82, 2.24) is 19.7 Å². The van der Waals surface area contributed by atoms with Gasteiger partial charge >= 0.3 is 0 Å². The first kappa shape index (κ1) is 9.45. The predicted octanol–water partition coefficient (Wildman–Crippen LogP) is 1.02. The summed E-state index contributed by atoms with van der Waals surface area (Å²) < 4.78 is 1.83. The summed E-state index contributed by atoms with van der Waals surface area (Å²) in [5, 5.41) is 7.22. The van der Waals surface area contributed by atoms with E-state index in [1.165, 1.54) is 6.33 Å². The second kappa shape index (κ2) is 3.95. The van der Waals surface area contributed by atoms with Gasteiger partial charge in [0.2, 0.25) is 0 Å². The summed E-state index contributed by atoms with van der Waals surface area (Å²) in [6, 6.07) is 1.67. The van der Waals surface area contributed by atoms with E-state index in [0.717, 1.165) is 12.2 Å². The van der Waals surface area contributed by atoms with Gasteiger partial charge in [-0.1, -0.05) is 0 Å². The van der Waals surface area contributed by atoms with Crippen LogP contribution in [0.2, 0.25) is 0 Å². The lowest BCUT2D eigenvalue weighted by Crippen LogP contribution is -1.96. The van der Waals surface area contributed by atoms with Crippen molar-refractivity contribution in [2.45, 2.75) is 13.5 Å². The maximum absolute atomic E-state index is 5.53. The number of hydrogen-bond donors (Lipinski definition) is 2. The second-order valence-corrected chi connectivity index (χ2v) is 3.04. The third kappa shape index (κ3) is 2.22. The van der Waals surface area contributed by atoms with Crippen LogP contribution in [-0.2, 0) is 6.54 Å². The fraction of sp³-hybridized carbons (Fsp3) is 0.222. The number of nitrogens with one attached hydrogen (secondary N) is 1. The first-order valence-corrected chi connectivity index (χ1v) is 4.65. The van der Waals surface area contributed by atoms with Crippen molar-refractivity contribution < 1.29 is 0 Å². The quantitative estimate of drug-likeness (QED) is 0.780. The topological polar surface area (TPSA) is 81.7 Å². The molecule has 78 valence electrons. The molecule has 6 nitrogen and oxygen atoms in total. The third-order valence-electron chi connectivity index (χ3n) is 1.92. The number of nitrogen functional groups attached to an aromatic ring is 1. The average Bonchev–Trinajstić information content (AvgIpc) is 2.65. The molecule has 0 bridgehead atoms. The molecule has 2 aromatic rings. The highest BCUT2D eigenvalue weighted by Crippen LogP contribution is 2.13. The van der Waals surface area contributed by atoms with Crippen LogP contribution in [0.4, 0.5) is 17.3 Å². The molecule has 0 unspecified atom stereocenters. The van der Waals surface area contributed by atoms with E-state index in [-0.39, 0.29) is 0 Å². The van der Waals surface area contributed by atoms with Gasteiger partial charge in [-0.3, -0.25) is 4.68 Å². The van der Waals surface area contributed by atoms with Crippen molar-refractivity contribution >= 4 is 17.3 Å². The van der Waals surface area contributed by atoms with Gasteiger partial charge in [-0.15, -0.1) is 0 Å². The van der Waals surface area contributed by atoms with Gasteiger partial charge in [-0.05, 0) is 6.92 Å². The predicted molar refractivity (Wildman–Crippen MR) is 57.6 cm³/mol. The molecule has 0 aliphatic carbocycles. The standard InChI is InChI=1S/C9H12N6/c1-2-15-5-7(4-13-15)14-9-3-8(10)11-6-12-9/h3-6H,2H2,1H3,(H3,10,11,12,14). The van der Waals surface area contributed by atoms with E-state index in [2.05, 4.69) is 20.4 Å². The summed E-state index contributed by atoms with van der Waals surface area (Å²) in [5.41, 5.74) is 6.42. The lowest BCUT2D eigenvalue weighted by Gasteiger charge is -2.01. The summed E-state index contributed by atoms with van der Waals surface area (Å²) in [6.45, 7) is 2.87. The Hall–Kier alpha value is -2.11. The molecule has 0 saturated carbocycles. The second-order valence-electron chi connectivity index (χ2n) is 3.04. The zero-order chi connectivity index (χ0) is 10.7. The molecule has 0 aliphatic rings. The van der Waals surface area contributed by atoms with Gasteiger partial charge in [0.15, 0.2) is 0 Å². The molecule has 0 aromatic carbocycles. The van der Waals surface area contributed by atoms with Gasteiger partial charge in [0.25, 0.3) is 0 Å². The Labute approximate surface area is 87.2 Å². The van der Waals surface area contributed by atoms with Crippen LogP contribution in [0.15, 0.2) is 24.8 Å². The Morgan fingerprint density at radius 1 is 1.47 bits per heavy atom. The van der Waals surface area contributed by atoms with Crippen molar-refractivity contribution in [2.75, 3.05) is 11.1 Å². The van der Waals surface area contributed by atoms with E-state index in [4.69, 9.17) is 5.73 Å². The zero-order valence-corrected chi connectivity index (χ0v) is 8.38. The molecule has 6 heteroatoms. The third-order valence-corrected chi connectivity index (χ3v) is 1.92. The average molecular weight is 204 g/mol. The van der Waals surface area contributed by atoms with Gasteiger partial charge in [0, 0.05) is 18.8 Å². The molecule has 0 spiro atoms. The van der Waals surface area contributed by atoms with Crippen LogP contribution >= 0.6 is 0 Å². The van der Waals surface area contributed by atoms with Crippen LogP contribution in [0.3, 0.4) is 0 Å². The van der Waals surface area contributed by atoms with Crippen molar-refractivity contribution in [3.8, 4) is 0 Å². The van der Waals surface area contributed by atoms with Crippen molar-refractivity contribution in [3.63, 3.8) is 0 Å². The number of nitrogens with zero attached hydrogens (tertiary/aromatic N) is 4. The van der Waals surface area contributed by atoms with Gasteiger partial charge < -0.3 is 11.1 Å². The highest BCUT2D eigenvalue weighted by Gasteiger charge is 1.99. The molecule has 0 radical (unpaired) electrons. The maximum atomic E-state index is 5.53. The summed E-state index contributed by atoms with van der Waals surface area (Å²) >= 11 is 0. The van der Waals surface area contributed by atoms with E-state index in [0.29, 0.717) is 11.6 Å². The molecular weight excluding hydrogens is 192 g/mol. The summed E-state index contributed by atoms with van der Waals surface area (Å²) in [5.74, 6) is 1.11. The smallest absolute Gasteiger partial charge is 0.135 e. The monoisotopic (exact) mass is 204 g/mol. The molecule has 2 aromatic heterocycles. The Bertz CT molecular complexity index is 449. The van der Waals surface area contributed by atoms with Crippen LogP contribution in [0, 0.1) is 0 Å². The SMILES string of the molecule is CCn1cc(Nc2cc(N)ncn2)cn1. The van der Waals surface area contributed by atoms with Crippen LogP contribution in [0.25, 0.3) is 0 Å². The highest BCUT2D eigenvalue weighted by molar-refractivity contribution is 5.56. The molecule has 3 N–H and O–H groups in total. The maximum Gasteiger partial charge on any atom is 0.135 e. The number of rotatable bonds is 3. The molecular formula is C9H12N6. The first-order valence-electron chi connectivity index (χ1n) is 4.65. The Kier molecular flexibility index (Phi) is 2.49. The van der Waals surface area contributed by atoms with Gasteiger partial charge in [0.1, 0.15) is 18.0 Å². The largest absolute Gasteiger partial charge is 0.384 e. The number of nitrogens with two attached hydrogens (primary N) is 1. The minimum Gasteiger partial charge on any atom is -0.384 e. The summed E-state index contributed by atoms with van der Waals surface area (Å²) in [7, 11) is 0. The van der Waals surface area contributed by atoms with Crippen LogP contribution in [0.1, 0.15) is 6.92 Å². The van der Waals surface area contributed by atoms with Gasteiger partial charge in [-0.2, -0.15) is 5.10 Å². The molecule has 0 saturated heterocycles. The van der Waals surface area contributed by atoms with Crippen LogP contribution in [0.5, 0.6) is 0 Å². The first-order chi connectivity index (χ1) is 7.28. The molecule has 0 aliphatic heterocycles. The molecule has 15 heavy (non-hydrogen) atoms. The minimum absolute atomic E-state index is 0.440. The van der Waals surface area contributed by atoms with Gasteiger partial charge in [-0.25, -0.2) is 9.97 Å². The number of anilines is 3. The number of aromatic nitrogens is 4. The fourth-order valence-electron chi connectivity index (χ4n) is 1.19. The van der Waals surface area contributed by atoms with Gasteiger partial charge in [0.05, 0.1) is 11.9 Å². The summed E-state index contributed by atoms with van der Waals surface area (Å²) in [4.78, 5) is 7.84. The Morgan fingerprint density at radius 2 is 2.33 bits per heavy atom. The van der Waals surface area contributed by atoms with Crippen molar-refractivity contribution in [1.29, 1.82) is 0 Å². The highest BCUT2D eigenvalue weighted by atomic mass is 15.3. The molecule has 2 heterocycles. The van der Waals surface area contributed by atoms with Crippen LogP contribution < -0.4 is 11.1 Å². The molecule has 2 rings (SSSR count). The Balaban J connectivity index is 2.14. The normalized spacial score (nSPS) is 10.2. The summed E-state index contributed by atoms with van der Waals surface area (Å²) in [6.07, 6.45) is 5.06. The number of hydrogen-bond acceptors (Lipinski definition) is 5. The fourth-order valence-corrected chi connectivity index (χ4v) is 1.19. The van der Waals surface area contributed by atoms with Crippen molar-refractivity contribution in [2.24, 2.45) is 0 Å². The van der Waals surface area contributed by atoms with E-state index in [1.807, 2.05) is 17.8 Å². The van der Waals surface area contributed by atoms with Crippen molar-refractivity contribution in [3.05, 3.63) is 24.8 Å². The van der Waals surface area contributed by atoms with Crippen LogP contribution in [-0.4, -0.2) is 19.7 Å². The molecule has 0 amide bonds. The molecule has 0 atom stereocenters. The lowest BCUT2D eigenvalue weighted by atomic mass is 10.5. The van der Waals surface area contributed by atoms with E-state index in [1.54, 1.807) is 12.3 Å².